The van der Waals surface area contributed by atoms with Gasteiger partial charge in [-0.15, -0.1) is 0 Å². The van der Waals surface area contributed by atoms with Crippen molar-refractivity contribution in [1.29, 1.82) is 0 Å². The maximum absolute atomic E-state index is 13.1. The molecule has 0 saturated carbocycles. The van der Waals surface area contributed by atoms with Crippen LogP contribution in [0.25, 0.3) is 11.4 Å². The largest absolute Gasteiger partial charge is 0.490 e. The molecule has 2 aliphatic heterocycles. The summed E-state index contributed by atoms with van der Waals surface area (Å²) in [5, 5.41) is 4.05. The Morgan fingerprint density at radius 2 is 1.83 bits per heavy atom. The van der Waals surface area contributed by atoms with Crippen molar-refractivity contribution in [3.05, 3.63) is 59.7 Å². The molecule has 3 aromatic rings. The summed E-state index contributed by atoms with van der Waals surface area (Å²) in [7, 11) is 0. The molecule has 1 atom stereocenters. The van der Waals surface area contributed by atoms with Crippen molar-refractivity contribution in [2.75, 3.05) is 19.8 Å². The molecule has 6 nitrogen and oxygen atoms in total. The molecule has 150 valence electrons. The quantitative estimate of drug-likeness (QED) is 0.654. The topological polar surface area (TPSA) is 60.6 Å². The average Bonchev–Trinajstić information content (AvgIpc) is 3.33. The number of benzene rings is 2. The number of fused-ring (bicyclic) bond motifs is 1. The zero-order valence-electron chi connectivity index (χ0n) is 16.0. The van der Waals surface area contributed by atoms with E-state index in [1.807, 2.05) is 6.07 Å². The Morgan fingerprint density at radius 3 is 2.69 bits per heavy atom. The van der Waals surface area contributed by atoms with Crippen LogP contribution in [0.4, 0.5) is 4.39 Å². The third kappa shape index (κ3) is 3.82. The van der Waals surface area contributed by atoms with Crippen LogP contribution in [-0.2, 0) is 6.54 Å². The Hall–Kier alpha value is -2.93. The van der Waals surface area contributed by atoms with Gasteiger partial charge in [-0.1, -0.05) is 11.2 Å². The van der Waals surface area contributed by atoms with E-state index in [0.29, 0.717) is 31.5 Å². The number of aromatic nitrogens is 2. The molecule has 7 heteroatoms. The summed E-state index contributed by atoms with van der Waals surface area (Å²) in [6.07, 6.45) is 3.07. The minimum atomic E-state index is -0.285. The number of ether oxygens (including phenoxy) is 2. The van der Waals surface area contributed by atoms with Crippen LogP contribution >= 0.6 is 0 Å². The van der Waals surface area contributed by atoms with E-state index >= 15 is 0 Å². The highest BCUT2D eigenvalue weighted by Crippen LogP contribution is 2.38. The Balaban J connectivity index is 1.33. The van der Waals surface area contributed by atoms with Gasteiger partial charge in [0.1, 0.15) is 5.82 Å². The SMILES string of the molecule is Fc1ccc(-c2noc(CN3CCC[C@H]3c3ccc4c(c3)OCCCO4)n2)cc1. The van der Waals surface area contributed by atoms with Gasteiger partial charge in [0.05, 0.1) is 19.8 Å². The monoisotopic (exact) mass is 395 g/mol. The fourth-order valence-electron chi connectivity index (χ4n) is 3.99. The Morgan fingerprint density at radius 1 is 1.00 bits per heavy atom. The second-order valence-corrected chi connectivity index (χ2v) is 7.40. The van der Waals surface area contributed by atoms with E-state index in [-0.39, 0.29) is 11.9 Å². The summed E-state index contributed by atoms with van der Waals surface area (Å²) in [4.78, 5) is 6.85. The van der Waals surface area contributed by atoms with Gasteiger partial charge in [0.25, 0.3) is 0 Å². The third-order valence-corrected chi connectivity index (χ3v) is 5.43. The highest BCUT2D eigenvalue weighted by Gasteiger charge is 2.28. The summed E-state index contributed by atoms with van der Waals surface area (Å²) < 4.78 is 30.2. The summed E-state index contributed by atoms with van der Waals surface area (Å²) in [5.41, 5.74) is 1.95. The molecule has 29 heavy (non-hydrogen) atoms. The van der Waals surface area contributed by atoms with Crippen molar-refractivity contribution in [2.45, 2.75) is 31.8 Å². The molecule has 3 heterocycles. The first-order valence-electron chi connectivity index (χ1n) is 9.98. The summed E-state index contributed by atoms with van der Waals surface area (Å²) in [5.74, 6) is 2.39. The van der Waals surface area contributed by atoms with Gasteiger partial charge in [-0.25, -0.2) is 4.39 Å². The second-order valence-electron chi connectivity index (χ2n) is 7.40. The van der Waals surface area contributed by atoms with Crippen LogP contribution in [0.5, 0.6) is 11.5 Å². The zero-order valence-corrected chi connectivity index (χ0v) is 16.0. The molecule has 0 bridgehead atoms. The molecule has 1 fully saturated rings. The van der Waals surface area contributed by atoms with Crippen molar-refractivity contribution >= 4 is 0 Å². The number of rotatable bonds is 4. The maximum Gasteiger partial charge on any atom is 0.241 e. The van der Waals surface area contributed by atoms with Crippen molar-refractivity contribution < 1.29 is 18.4 Å². The van der Waals surface area contributed by atoms with Crippen molar-refractivity contribution in [3.8, 4) is 22.9 Å². The Bertz CT molecular complexity index is 989. The molecule has 0 unspecified atom stereocenters. The Labute approximate surface area is 168 Å². The predicted molar refractivity (Wildman–Crippen MR) is 104 cm³/mol. The molecular formula is C22H22FN3O3. The smallest absolute Gasteiger partial charge is 0.241 e. The highest BCUT2D eigenvalue weighted by molar-refractivity contribution is 5.53. The molecule has 0 radical (unpaired) electrons. The lowest BCUT2D eigenvalue weighted by Crippen LogP contribution is -2.23. The summed E-state index contributed by atoms with van der Waals surface area (Å²) >= 11 is 0. The van der Waals surface area contributed by atoms with Gasteiger partial charge in [0.2, 0.25) is 11.7 Å². The molecular weight excluding hydrogens is 373 g/mol. The van der Waals surface area contributed by atoms with Gasteiger partial charge in [0.15, 0.2) is 11.5 Å². The minimum absolute atomic E-state index is 0.272. The summed E-state index contributed by atoms with van der Waals surface area (Å²) in [6, 6.07) is 12.6. The van der Waals surface area contributed by atoms with E-state index in [0.717, 1.165) is 42.9 Å². The lowest BCUT2D eigenvalue weighted by molar-refractivity contribution is 0.212. The highest BCUT2D eigenvalue weighted by atomic mass is 19.1. The van der Waals surface area contributed by atoms with E-state index in [1.165, 1.54) is 17.7 Å². The van der Waals surface area contributed by atoms with E-state index in [4.69, 9.17) is 14.0 Å². The fraction of sp³-hybridized carbons (Fsp3) is 0.364. The number of hydrogen-bond donors (Lipinski definition) is 0. The molecule has 2 aliphatic rings. The molecule has 0 N–H and O–H groups in total. The van der Waals surface area contributed by atoms with Crippen molar-refractivity contribution in [2.24, 2.45) is 0 Å². The molecule has 2 aromatic carbocycles. The van der Waals surface area contributed by atoms with Crippen LogP contribution in [0.2, 0.25) is 0 Å². The van der Waals surface area contributed by atoms with Gasteiger partial charge in [-0.05, 0) is 61.3 Å². The lowest BCUT2D eigenvalue weighted by atomic mass is 10.0. The van der Waals surface area contributed by atoms with Crippen LogP contribution in [0, 0.1) is 5.82 Å². The number of hydrogen-bond acceptors (Lipinski definition) is 6. The van der Waals surface area contributed by atoms with Crippen LogP contribution in [0.3, 0.4) is 0 Å². The van der Waals surface area contributed by atoms with Gasteiger partial charge in [-0.2, -0.15) is 4.98 Å². The molecule has 0 amide bonds. The number of nitrogens with zero attached hydrogens (tertiary/aromatic N) is 3. The maximum atomic E-state index is 13.1. The zero-order chi connectivity index (χ0) is 19.6. The Kier molecular flexibility index (Phi) is 4.89. The average molecular weight is 395 g/mol. The summed E-state index contributed by atoms with van der Waals surface area (Å²) in [6.45, 7) is 2.91. The fourth-order valence-corrected chi connectivity index (χ4v) is 3.99. The standard InChI is InChI=1S/C22H22FN3O3/c23-17-7-4-15(5-8-17)22-24-21(29-25-22)14-26-10-1-3-18(26)16-6-9-19-20(13-16)28-12-2-11-27-19/h4-9,13,18H,1-3,10-12,14H2/t18-/m0/s1. The molecule has 1 aromatic heterocycles. The normalized spacial score (nSPS) is 19.3. The number of halogens is 1. The van der Waals surface area contributed by atoms with E-state index in [1.54, 1.807) is 12.1 Å². The van der Waals surface area contributed by atoms with Gasteiger partial charge >= 0.3 is 0 Å². The van der Waals surface area contributed by atoms with Gasteiger partial charge < -0.3 is 14.0 Å². The molecule has 0 spiro atoms. The first-order chi connectivity index (χ1) is 14.3. The van der Waals surface area contributed by atoms with Crippen LogP contribution < -0.4 is 9.47 Å². The minimum Gasteiger partial charge on any atom is -0.490 e. The van der Waals surface area contributed by atoms with Crippen LogP contribution in [-0.4, -0.2) is 34.8 Å². The molecule has 1 saturated heterocycles. The van der Waals surface area contributed by atoms with Crippen molar-refractivity contribution in [1.82, 2.24) is 15.0 Å². The van der Waals surface area contributed by atoms with Crippen LogP contribution in [0.1, 0.15) is 36.8 Å². The van der Waals surface area contributed by atoms with E-state index in [9.17, 15) is 4.39 Å². The third-order valence-electron chi connectivity index (χ3n) is 5.43. The molecule has 5 rings (SSSR count). The molecule has 0 aliphatic carbocycles. The van der Waals surface area contributed by atoms with Gasteiger partial charge in [0, 0.05) is 18.0 Å². The van der Waals surface area contributed by atoms with E-state index in [2.05, 4.69) is 27.2 Å². The second kappa shape index (κ2) is 7.83. The van der Waals surface area contributed by atoms with E-state index < -0.39 is 0 Å². The first-order valence-corrected chi connectivity index (χ1v) is 9.98. The van der Waals surface area contributed by atoms with Crippen LogP contribution in [0.15, 0.2) is 47.0 Å². The van der Waals surface area contributed by atoms with Gasteiger partial charge in [-0.3, -0.25) is 4.90 Å². The lowest BCUT2D eigenvalue weighted by Gasteiger charge is -2.23. The van der Waals surface area contributed by atoms with Crippen molar-refractivity contribution in [3.63, 3.8) is 0 Å². The number of likely N-dealkylation sites (tertiary alicyclic amines) is 1. The predicted octanol–water partition coefficient (Wildman–Crippen LogP) is 4.37. The first kappa shape index (κ1) is 18.1.